The molecule has 0 saturated carbocycles. The molecule has 0 spiro atoms. The third-order valence-electron chi connectivity index (χ3n) is 5.40. The van der Waals surface area contributed by atoms with E-state index in [1.165, 1.54) is 0 Å². The number of anilines is 1. The van der Waals surface area contributed by atoms with Crippen molar-refractivity contribution < 1.29 is 14.1 Å². The highest BCUT2D eigenvalue weighted by atomic mass is 16.5. The lowest BCUT2D eigenvalue weighted by Gasteiger charge is -2.31. The van der Waals surface area contributed by atoms with Gasteiger partial charge in [0.05, 0.1) is 30.5 Å². The Labute approximate surface area is 158 Å². The van der Waals surface area contributed by atoms with Crippen LogP contribution in [0.2, 0.25) is 0 Å². The number of nitrogens with two attached hydrogens (primary N) is 1. The highest BCUT2D eigenvalue weighted by Gasteiger charge is 2.36. The number of nitrogen functional groups attached to an aromatic ring is 1. The number of aryl methyl sites for hydroxylation is 2. The Kier molecular flexibility index (Phi) is 4.84. The van der Waals surface area contributed by atoms with E-state index in [-0.39, 0.29) is 17.9 Å². The van der Waals surface area contributed by atoms with Gasteiger partial charge in [0.2, 0.25) is 0 Å². The molecular weight excluding hydrogens is 346 g/mol. The van der Waals surface area contributed by atoms with Gasteiger partial charge in [-0.25, -0.2) is 4.98 Å². The van der Waals surface area contributed by atoms with E-state index < -0.39 is 0 Å². The molecule has 0 aliphatic carbocycles. The summed E-state index contributed by atoms with van der Waals surface area (Å²) in [7, 11) is 0. The van der Waals surface area contributed by atoms with Gasteiger partial charge in [0.1, 0.15) is 11.6 Å². The average Bonchev–Trinajstić information content (AvgIpc) is 2.81. The van der Waals surface area contributed by atoms with Crippen LogP contribution in [0.15, 0.2) is 22.9 Å². The molecule has 1 amide bonds. The number of fused-ring (bicyclic) bond motifs is 3. The first-order valence-corrected chi connectivity index (χ1v) is 9.25. The molecule has 2 fully saturated rings. The molecule has 27 heavy (non-hydrogen) atoms. The van der Waals surface area contributed by atoms with E-state index in [1.54, 1.807) is 18.3 Å². The van der Waals surface area contributed by atoms with E-state index in [0.717, 1.165) is 36.7 Å². The molecule has 0 radical (unpaired) electrons. The molecule has 0 aromatic carbocycles. The Bertz CT molecular complexity index is 800. The summed E-state index contributed by atoms with van der Waals surface area (Å²) < 4.78 is 11.1. The summed E-state index contributed by atoms with van der Waals surface area (Å²) in [5, 5.41) is 4.06. The number of carbonyl (C=O) groups is 1. The molecule has 4 rings (SSSR count). The van der Waals surface area contributed by atoms with Crippen LogP contribution in [0.5, 0.6) is 0 Å². The second-order valence-electron chi connectivity index (χ2n) is 7.48. The predicted octanol–water partition coefficient (Wildman–Crippen LogP) is 1.24. The zero-order valence-corrected chi connectivity index (χ0v) is 15.7. The van der Waals surface area contributed by atoms with Crippen LogP contribution in [0.25, 0.3) is 0 Å². The Morgan fingerprint density at radius 1 is 1.26 bits per heavy atom. The highest BCUT2D eigenvalue weighted by molar-refractivity contribution is 5.94. The van der Waals surface area contributed by atoms with Crippen molar-refractivity contribution in [1.29, 1.82) is 0 Å². The number of rotatable bonds is 3. The topological polar surface area (TPSA) is 97.7 Å². The van der Waals surface area contributed by atoms with Gasteiger partial charge < -0.3 is 19.9 Å². The molecular formula is C19H25N5O3. The fourth-order valence-electron chi connectivity index (χ4n) is 3.97. The fraction of sp³-hybridized carbons (Fsp3) is 0.526. The Hall–Kier alpha value is -2.45. The first kappa shape index (κ1) is 17.9. The average molecular weight is 371 g/mol. The van der Waals surface area contributed by atoms with Crippen molar-refractivity contribution in [3.63, 3.8) is 0 Å². The number of pyridine rings is 1. The van der Waals surface area contributed by atoms with Gasteiger partial charge in [-0.1, -0.05) is 5.16 Å². The molecule has 2 saturated heterocycles. The van der Waals surface area contributed by atoms with Crippen LogP contribution in [0.4, 0.5) is 5.82 Å². The summed E-state index contributed by atoms with van der Waals surface area (Å²) in [5.74, 6) is 1.53. The number of hydrogen-bond acceptors (Lipinski definition) is 7. The lowest BCUT2D eigenvalue weighted by atomic mass is 10.1. The van der Waals surface area contributed by atoms with Crippen molar-refractivity contribution in [2.75, 3.05) is 38.6 Å². The van der Waals surface area contributed by atoms with E-state index >= 15 is 0 Å². The molecule has 8 heteroatoms. The number of carbonyl (C=O) groups excluding carboxylic acids is 1. The highest BCUT2D eigenvalue weighted by Crippen LogP contribution is 2.24. The van der Waals surface area contributed by atoms with E-state index in [0.29, 0.717) is 31.1 Å². The number of ether oxygens (including phenoxy) is 1. The van der Waals surface area contributed by atoms with E-state index in [2.05, 4.69) is 15.0 Å². The SMILES string of the molecule is Cc1noc(C)c1CN1C[C@@H]2COC[C@H](C1)N(C(=O)c1ccc(N)nc1)C2. The first-order valence-electron chi connectivity index (χ1n) is 9.25. The maximum atomic E-state index is 13.1. The monoisotopic (exact) mass is 371 g/mol. The summed E-state index contributed by atoms with van der Waals surface area (Å²) in [4.78, 5) is 21.5. The summed E-state index contributed by atoms with van der Waals surface area (Å²) in [5.41, 5.74) is 8.28. The smallest absolute Gasteiger partial charge is 0.255 e. The minimum absolute atomic E-state index is 0.00280. The van der Waals surface area contributed by atoms with Gasteiger partial charge in [0, 0.05) is 43.9 Å². The maximum Gasteiger partial charge on any atom is 0.255 e. The largest absolute Gasteiger partial charge is 0.384 e. The van der Waals surface area contributed by atoms with Crippen molar-refractivity contribution in [2.45, 2.75) is 26.4 Å². The molecule has 4 heterocycles. The Morgan fingerprint density at radius 2 is 2.11 bits per heavy atom. The minimum Gasteiger partial charge on any atom is -0.384 e. The van der Waals surface area contributed by atoms with Crippen molar-refractivity contribution in [3.8, 4) is 0 Å². The molecule has 2 N–H and O–H groups in total. The zero-order chi connectivity index (χ0) is 19.0. The van der Waals surface area contributed by atoms with Gasteiger partial charge in [0.25, 0.3) is 5.91 Å². The van der Waals surface area contributed by atoms with E-state index in [1.807, 2.05) is 18.7 Å². The predicted molar refractivity (Wildman–Crippen MR) is 99.0 cm³/mol. The number of amides is 1. The van der Waals surface area contributed by atoms with Crippen LogP contribution in [-0.2, 0) is 11.3 Å². The lowest BCUT2D eigenvalue weighted by molar-refractivity contribution is 0.0423. The van der Waals surface area contributed by atoms with Crippen LogP contribution >= 0.6 is 0 Å². The number of hydrogen-bond donors (Lipinski definition) is 1. The quantitative estimate of drug-likeness (QED) is 0.867. The van der Waals surface area contributed by atoms with Crippen LogP contribution in [0.3, 0.4) is 0 Å². The first-order chi connectivity index (χ1) is 13.0. The lowest BCUT2D eigenvalue weighted by Crippen LogP contribution is -2.46. The molecule has 2 bridgehead atoms. The van der Waals surface area contributed by atoms with Gasteiger partial charge in [-0.3, -0.25) is 9.69 Å². The molecule has 2 aliphatic rings. The van der Waals surface area contributed by atoms with Crippen LogP contribution < -0.4 is 5.73 Å². The van der Waals surface area contributed by atoms with Crippen LogP contribution in [0.1, 0.15) is 27.4 Å². The van der Waals surface area contributed by atoms with Crippen molar-refractivity contribution in [1.82, 2.24) is 19.9 Å². The normalized spacial score (nSPS) is 23.3. The molecule has 0 unspecified atom stereocenters. The van der Waals surface area contributed by atoms with Crippen molar-refractivity contribution in [2.24, 2.45) is 5.92 Å². The second kappa shape index (κ2) is 7.28. The molecule has 2 atom stereocenters. The van der Waals surface area contributed by atoms with E-state index in [4.69, 9.17) is 15.0 Å². The molecule has 8 nitrogen and oxygen atoms in total. The number of aromatic nitrogens is 2. The van der Waals surface area contributed by atoms with Crippen molar-refractivity contribution in [3.05, 3.63) is 40.9 Å². The van der Waals surface area contributed by atoms with Crippen LogP contribution in [-0.4, -0.2) is 64.7 Å². The fourth-order valence-corrected chi connectivity index (χ4v) is 3.97. The Morgan fingerprint density at radius 3 is 2.81 bits per heavy atom. The summed E-state index contributed by atoms with van der Waals surface area (Å²) in [6, 6.07) is 3.41. The van der Waals surface area contributed by atoms with Gasteiger partial charge in [-0.05, 0) is 26.0 Å². The summed E-state index contributed by atoms with van der Waals surface area (Å²) >= 11 is 0. The zero-order valence-electron chi connectivity index (χ0n) is 15.7. The summed E-state index contributed by atoms with van der Waals surface area (Å²) in [6.45, 7) is 8.23. The second-order valence-corrected chi connectivity index (χ2v) is 7.48. The van der Waals surface area contributed by atoms with Gasteiger partial charge >= 0.3 is 0 Å². The van der Waals surface area contributed by atoms with E-state index in [9.17, 15) is 4.79 Å². The Balaban J connectivity index is 1.54. The molecule has 2 aliphatic heterocycles. The minimum atomic E-state index is -0.0119. The maximum absolute atomic E-state index is 13.1. The van der Waals surface area contributed by atoms with Gasteiger partial charge in [-0.15, -0.1) is 0 Å². The molecule has 144 valence electrons. The standard InChI is InChI=1S/C19H25N5O3/c1-12-17(13(2)27-22-12)9-23-6-14-7-24(16(8-23)11-26-10-14)19(25)15-3-4-18(20)21-5-15/h3-5,14,16H,6-11H2,1-2H3,(H2,20,21)/t14-,16-/m0/s1. The molecule has 2 aromatic heterocycles. The third kappa shape index (κ3) is 3.68. The van der Waals surface area contributed by atoms with Gasteiger partial charge in [-0.2, -0.15) is 0 Å². The molecule has 2 aromatic rings. The van der Waals surface area contributed by atoms with Gasteiger partial charge in [0.15, 0.2) is 0 Å². The summed E-state index contributed by atoms with van der Waals surface area (Å²) in [6.07, 6.45) is 1.55. The van der Waals surface area contributed by atoms with Crippen LogP contribution in [0, 0.1) is 19.8 Å². The van der Waals surface area contributed by atoms with Crippen molar-refractivity contribution >= 4 is 11.7 Å². The number of nitrogens with zero attached hydrogens (tertiary/aromatic N) is 4. The third-order valence-corrected chi connectivity index (χ3v) is 5.40.